The maximum atomic E-state index is 13.5. The zero-order valence-electron chi connectivity index (χ0n) is 9.39. The summed E-state index contributed by atoms with van der Waals surface area (Å²) in [5.74, 6) is -7.02. The van der Waals surface area contributed by atoms with E-state index in [1.807, 2.05) is 0 Å². The van der Waals surface area contributed by atoms with E-state index in [9.17, 15) is 22.0 Å². The Labute approximate surface area is 109 Å². The van der Waals surface area contributed by atoms with Gasteiger partial charge in [0.2, 0.25) is 5.82 Å². The Morgan fingerprint density at radius 3 is 2.42 bits per heavy atom. The van der Waals surface area contributed by atoms with Crippen molar-refractivity contribution < 1.29 is 22.0 Å². The number of benzene rings is 1. The third-order valence-electron chi connectivity index (χ3n) is 2.54. The second-order valence-electron chi connectivity index (χ2n) is 3.85. The van der Waals surface area contributed by atoms with E-state index in [1.165, 1.54) is 6.07 Å². The molecule has 1 aromatic heterocycles. The Balaban J connectivity index is 2.79. The van der Waals surface area contributed by atoms with Gasteiger partial charge in [0.05, 0.1) is 0 Å². The minimum atomic E-state index is -4.59. The molecule has 19 heavy (non-hydrogen) atoms. The molecule has 2 nitrogen and oxygen atoms in total. The molecule has 0 bridgehead atoms. The highest BCUT2D eigenvalue weighted by Gasteiger charge is 2.46. The molecular formula is C11H6ClF5N2. The second-order valence-corrected chi connectivity index (χ2v) is 4.21. The molecule has 0 aliphatic rings. The van der Waals surface area contributed by atoms with Crippen LogP contribution in [-0.4, -0.2) is 16.4 Å². The number of nitrogens with zero attached hydrogens (tertiary/aromatic N) is 2. The largest absolute Gasteiger partial charge is 0.365 e. The number of aryl methyl sites for hydroxylation is 1. The van der Waals surface area contributed by atoms with Gasteiger partial charge in [0, 0.05) is 5.39 Å². The SMILES string of the molecule is Cc1ccc(F)c2nc(C(F)(F)C(F)F)nc(Cl)c12. The number of halogens is 6. The quantitative estimate of drug-likeness (QED) is 0.616. The lowest BCUT2D eigenvalue weighted by atomic mass is 10.1. The van der Waals surface area contributed by atoms with Gasteiger partial charge in [-0.15, -0.1) is 0 Å². The molecular weight excluding hydrogens is 291 g/mol. The van der Waals surface area contributed by atoms with Crippen molar-refractivity contribution in [2.24, 2.45) is 0 Å². The van der Waals surface area contributed by atoms with E-state index in [2.05, 4.69) is 9.97 Å². The lowest BCUT2D eigenvalue weighted by Crippen LogP contribution is -2.26. The highest BCUT2D eigenvalue weighted by Crippen LogP contribution is 2.35. The zero-order valence-corrected chi connectivity index (χ0v) is 10.2. The fraction of sp³-hybridized carbons (Fsp3) is 0.273. The molecule has 0 radical (unpaired) electrons. The lowest BCUT2D eigenvalue weighted by Gasteiger charge is -2.15. The molecule has 0 N–H and O–H groups in total. The summed E-state index contributed by atoms with van der Waals surface area (Å²) in [6.07, 6.45) is -4.01. The monoisotopic (exact) mass is 296 g/mol. The van der Waals surface area contributed by atoms with Gasteiger partial charge >= 0.3 is 12.3 Å². The summed E-state index contributed by atoms with van der Waals surface area (Å²) in [6.45, 7) is 1.54. The summed E-state index contributed by atoms with van der Waals surface area (Å²) in [5, 5.41) is -0.465. The minimum absolute atomic E-state index is 0.0236. The van der Waals surface area contributed by atoms with Crippen LogP contribution in [0.15, 0.2) is 12.1 Å². The van der Waals surface area contributed by atoms with Crippen molar-refractivity contribution in [2.75, 3.05) is 0 Å². The molecule has 0 fully saturated rings. The van der Waals surface area contributed by atoms with E-state index >= 15 is 0 Å². The van der Waals surface area contributed by atoms with Crippen LogP contribution in [0.25, 0.3) is 10.9 Å². The van der Waals surface area contributed by atoms with Crippen LogP contribution in [0.3, 0.4) is 0 Å². The molecule has 2 aromatic rings. The molecule has 0 amide bonds. The fourth-order valence-corrected chi connectivity index (χ4v) is 1.88. The van der Waals surface area contributed by atoms with Crippen LogP contribution >= 0.6 is 11.6 Å². The van der Waals surface area contributed by atoms with Gasteiger partial charge in [-0.1, -0.05) is 17.7 Å². The second kappa shape index (κ2) is 4.56. The highest BCUT2D eigenvalue weighted by molar-refractivity contribution is 6.34. The summed E-state index contributed by atoms with van der Waals surface area (Å²) in [7, 11) is 0. The summed E-state index contributed by atoms with van der Waals surface area (Å²) >= 11 is 5.65. The first-order valence-corrected chi connectivity index (χ1v) is 5.41. The van der Waals surface area contributed by atoms with E-state index in [1.54, 1.807) is 6.92 Å². The van der Waals surface area contributed by atoms with Gasteiger partial charge in [0.25, 0.3) is 0 Å². The number of aromatic nitrogens is 2. The summed E-state index contributed by atoms with van der Waals surface area (Å²) in [6, 6.07) is 2.35. The normalized spacial score (nSPS) is 12.4. The maximum Gasteiger partial charge on any atom is 0.365 e. The van der Waals surface area contributed by atoms with Crippen LogP contribution in [-0.2, 0) is 5.92 Å². The fourth-order valence-electron chi connectivity index (χ4n) is 1.56. The molecule has 0 atom stereocenters. The van der Waals surface area contributed by atoms with Gasteiger partial charge in [0.15, 0.2) is 0 Å². The first kappa shape index (κ1) is 13.9. The minimum Gasteiger partial charge on any atom is -0.224 e. The van der Waals surface area contributed by atoms with E-state index < -0.39 is 34.7 Å². The summed E-state index contributed by atoms with van der Waals surface area (Å²) in [4.78, 5) is 6.34. The van der Waals surface area contributed by atoms with E-state index in [0.29, 0.717) is 5.56 Å². The Bertz CT molecular complexity index is 645. The molecule has 0 unspecified atom stereocenters. The molecule has 0 saturated carbocycles. The number of hydrogen-bond donors (Lipinski definition) is 0. The average molecular weight is 297 g/mol. The highest BCUT2D eigenvalue weighted by atomic mass is 35.5. The molecule has 102 valence electrons. The molecule has 1 aromatic carbocycles. The van der Waals surface area contributed by atoms with E-state index in [0.717, 1.165) is 6.07 Å². The number of fused-ring (bicyclic) bond motifs is 1. The van der Waals surface area contributed by atoms with Crippen LogP contribution in [0.1, 0.15) is 11.4 Å². The van der Waals surface area contributed by atoms with Gasteiger partial charge in [-0.3, -0.25) is 0 Å². The summed E-state index contributed by atoms with van der Waals surface area (Å²) < 4.78 is 64.3. The van der Waals surface area contributed by atoms with Crippen molar-refractivity contribution in [3.63, 3.8) is 0 Å². The van der Waals surface area contributed by atoms with Crippen LogP contribution < -0.4 is 0 Å². The molecule has 0 saturated heterocycles. The van der Waals surface area contributed by atoms with Crippen molar-refractivity contribution in [1.29, 1.82) is 0 Å². The van der Waals surface area contributed by atoms with Gasteiger partial charge in [-0.25, -0.2) is 23.1 Å². The molecule has 2 rings (SSSR count). The maximum absolute atomic E-state index is 13.5. The van der Waals surface area contributed by atoms with Crippen LogP contribution in [0.4, 0.5) is 22.0 Å². The van der Waals surface area contributed by atoms with Crippen molar-refractivity contribution in [1.82, 2.24) is 9.97 Å². The van der Waals surface area contributed by atoms with Crippen molar-refractivity contribution in [3.05, 3.63) is 34.5 Å². The first-order chi connectivity index (χ1) is 8.75. The van der Waals surface area contributed by atoms with Crippen LogP contribution in [0.5, 0.6) is 0 Å². The predicted molar refractivity (Wildman–Crippen MR) is 59.1 cm³/mol. The van der Waals surface area contributed by atoms with Crippen molar-refractivity contribution in [2.45, 2.75) is 19.3 Å². The van der Waals surface area contributed by atoms with Crippen molar-refractivity contribution >= 4 is 22.5 Å². The van der Waals surface area contributed by atoms with Gasteiger partial charge in [-0.2, -0.15) is 8.78 Å². The smallest absolute Gasteiger partial charge is 0.224 e. The number of rotatable bonds is 2. The Morgan fingerprint density at radius 2 is 1.84 bits per heavy atom. The standard InChI is InChI=1S/C11H6ClF5N2/c1-4-2-3-5(13)7-6(4)8(12)19-10(18-7)11(16,17)9(14)15/h2-3,9H,1H3. The molecule has 0 aliphatic heterocycles. The lowest BCUT2D eigenvalue weighted by molar-refractivity contribution is -0.140. The predicted octanol–water partition coefficient (Wildman–Crippen LogP) is 4.09. The number of hydrogen-bond acceptors (Lipinski definition) is 2. The van der Waals surface area contributed by atoms with Gasteiger partial charge < -0.3 is 0 Å². The van der Waals surface area contributed by atoms with E-state index in [4.69, 9.17) is 11.6 Å². The summed E-state index contributed by atoms with van der Waals surface area (Å²) in [5.41, 5.74) is -0.0522. The van der Waals surface area contributed by atoms with Crippen LogP contribution in [0.2, 0.25) is 5.15 Å². The Morgan fingerprint density at radius 1 is 1.21 bits per heavy atom. The molecule has 1 heterocycles. The first-order valence-electron chi connectivity index (χ1n) is 5.04. The molecule has 8 heteroatoms. The van der Waals surface area contributed by atoms with Crippen LogP contribution in [0, 0.1) is 12.7 Å². The van der Waals surface area contributed by atoms with Gasteiger partial charge in [0.1, 0.15) is 16.5 Å². The Kier molecular flexibility index (Phi) is 3.34. The van der Waals surface area contributed by atoms with Crippen molar-refractivity contribution in [3.8, 4) is 0 Å². The van der Waals surface area contributed by atoms with E-state index in [-0.39, 0.29) is 5.39 Å². The molecule has 0 aliphatic carbocycles. The Hall–Kier alpha value is -1.50. The molecule has 0 spiro atoms. The topological polar surface area (TPSA) is 25.8 Å². The number of alkyl halides is 4. The average Bonchev–Trinajstić information content (AvgIpc) is 2.33. The zero-order chi connectivity index (χ0) is 14.4. The third kappa shape index (κ3) is 2.22. The third-order valence-corrected chi connectivity index (χ3v) is 2.81. The van der Waals surface area contributed by atoms with Gasteiger partial charge in [-0.05, 0) is 18.6 Å².